The van der Waals surface area contributed by atoms with Crippen LogP contribution in [0.1, 0.15) is 30.3 Å². The highest BCUT2D eigenvalue weighted by Crippen LogP contribution is 2.29. The van der Waals surface area contributed by atoms with Crippen molar-refractivity contribution in [3.63, 3.8) is 0 Å². The van der Waals surface area contributed by atoms with E-state index >= 15 is 0 Å². The number of aliphatic carboxylic acids is 1. The van der Waals surface area contributed by atoms with E-state index < -0.39 is 5.97 Å². The average molecular weight is 371 g/mol. The first-order valence-electron chi connectivity index (χ1n) is 8.47. The van der Waals surface area contributed by atoms with Gasteiger partial charge in [0.2, 0.25) is 0 Å². The number of rotatable bonds is 11. The van der Waals surface area contributed by atoms with Crippen LogP contribution in [0.2, 0.25) is 0 Å². The number of carboxylic acid groups (broad SMARTS) is 1. The lowest BCUT2D eigenvalue weighted by Gasteiger charge is -2.21. The van der Waals surface area contributed by atoms with Gasteiger partial charge in [-0.2, -0.15) is 0 Å². The molecule has 8 nitrogen and oxygen atoms in total. The van der Waals surface area contributed by atoms with Crippen molar-refractivity contribution in [3.05, 3.63) is 10.6 Å². The second kappa shape index (κ2) is 10.4. The van der Waals surface area contributed by atoms with Gasteiger partial charge in [0.05, 0.1) is 18.9 Å². The monoisotopic (exact) mass is 371 g/mol. The van der Waals surface area contributed by atoms with Gasteiger partial charge in [-0.05, 0) is 32.2 Å². The summed E-state index contributed by atoms with van der Waals surface area (Å²) in [5.74, 6) is -1.30. The fourth-order valence-corrected chi connectivity index (χ4v) is 3.65. The maximum atomic E-state index is 11.9. The van der Waals surface area contributed by atoms with Crippen LogP contribution >= 0.6 is 11.3 Å². The molecule has 0 bridgehead atoms. The Hall–Kier alpha value is -1.55. The number of ether oxygens (including phenoxy) is 2. The summed E-state index contributed by atoms with van der Waals surface area (Å²) in [6, 6.07) is 0.491. The van der Waals surface area contributed by atoms with E-state index in [1.165, 1.54) is 16.2 Å². The van der Waals surface area contributed by atoms with Crippen LogP contribution in [0.4, 0.5) is 5.13 Å². The van der Waals surface area contributed by atoms with Crippen LogP contribution in [0.25, 0.3) is 0 Å². The number of thiazole rings is 1. The van der Waals surface area contributed by atoms with E-state index in [1.807, 2.05) is 0 Å². The molecule has 140 valence electrons. The zero-order valence-electron chi connectivity index (χ0n) is 14.4. The summed E-state index contributed by atoms with van der Waals surface area (Å²) in [7, 11) is 0. The lowest BCUT2D eigenvalue weighted by molar-refractivity contribution is -0.143. The van der Waals surface area contributed by atoms with Gasteiger partial charge in [0.1, 0.15) is 13.2 Å². The molecule has 0 radical (unpaired) electrons. The van der Waals surface area contributed by atoms with Crippen molar-refractivity contribution in [3.8, 4) is 0 Å². The third kappa shape index (κ3) is 7.07. The van der Waals surface area contributed by atoms with E-state index in [0.717, 1.165) is 37.9 Å². The Kier molecular flexibility index (Phi) is 8.26. The number of hydrogen-bond donors (Lipinski definition) is 3. The van der Waals surface area contributed by atoms with E-state index in [4.69, 9.17) is 14.6 Å². The number of carbonyl (C=O) groups excluding carboxylic acids is 1. The largest absolute Gasteiger partial charge is 0.480 e. The molecule has 1 aromatic rings. The zero-order chi connectivity index (χ0) is 18.1. The molecule has 0 aromatic carbocycles. The number of hydrogen-bond acceptors (Lipinski definition) is 7. The van der Waals surface area contributed by atoms with Gasteiger partial charge in [0.15, 0.2) is 5.13 Å². The SMILES string of the molecule is CCCN[C@H]1CCc2nc(NC(=O)COCCOCC(=O)O)sc2C1. The van der Waals surface area contributed by atoms with Crippen LogP contribution in [-0.2, 0) is 31.9 Å². The zero-order valence-corrected chi connectivity index (χ0v) is 15.2. The van der Waals surface area contributed by atoms with Crippen LogP contribution in [0.15, 0.2) is 0 Å². The maximum absolute atomic E-state index is 11.9. The average Bonchev–Trinajstić information content (AvgIpc) is 2.97. The Labute approximate surface area is 150 Å². The van der Waals surface area contributed by atoms with Gasteiger partial charge in [-0.25, -0.2) is 9.78 Å². The molecule has 1 amide bonds. The number of fused-ring (bicyclic) bond motifs is 1. The number of nitrogens with one attached hydrogen (secondary N) is 2. The molecule has 0 spiro atoms. The van der Waals surface area contributed by atoms with Crippen molar-refractivity contribution in [1.82, 2.24) is 10.3 Å². The fraction of sp³-hybridized carbons (Fsp3) is 0.688. The van der Waals surface area contributed by atoms with E-state index in [2.05, 4.69) is 22.5 Å². The molecule has 0 aliphatic heterocycles. The Morgan fingerprint density at radius 1 is 1.32 bits per heavy atom. The van der Waals surface area contributed by atoms with Crippen molar-refractivity contribution in [2.45, 2.75) is 38.6 Å². The highest BCUT2D eigenvalue weighted by atomic mass is 32.1. The summed E-state index contributed by atoms with van der Waals surface area (Å²) in [6.07, 6.45) is 4.08. The van der Waals surface area contributed by atoms with Gasteiger partial charge < -0.3 is 19.9 Å². The van der Waals surface area contributed by atoms with Crippen molar-refractivity contribution in [2.24, 2.45) is 0 Å². The lowest BCUT2D eigenvalue weighted by Crippen LogP contribution is -2.34. The molecule has 25 heavy (non-hydrogen) atoms. The number of amides is 1. The van der Waals surface area contributed by atoms with Crippen molar-refractivity contribution < 1.29 is 24.2 Å². The summed E-state index contributed by atoms with van der Waals surface area (Å²) in [5.41, 5.74) is 1.08. The van der Waals surface area contributed by atoms with Crippen molar-refractivity contribution in [1.29, 1.82) is 0 Å². The third-order valence-corrected chi connectivity index (χ3v) is 4.74. The van der Waals surface area contributed by atoms with Crippen LogP contribution in [0.5, 0.6) is 0 Å². The third-order valence-electron chi connectivity index (χ3n) is 3.70. The minimum atomic E-state index is -1.03. The first kappa shape index (κ1) is 19.8. The molecular weight excluding hydrogens is 346 g/mol. The van der Waals surface area contributed by atoms with Crippen LogP contribution in [0, 0.1) is 0 Å². The fourth-order valence-electron chi connectivity index (χ4n) is 2.55. The Balaban J connectivity index is 1.68. The van der Waals surface area contributed by atoms with Gasteiger partial charge in [-0.3, -0.25) is 10.1 Å². The number of anilines is 1. The summed E-state index contributed by atoms with van der Waals surface area (Å²) < 4.78 is 9.97. The van der Waals surface area contributed by atoms with Crippen LogP contribution in [0.3, 0.4) is 0 Å². The predicted octanol–water partition coefficient (Wildman–Crippen LogP) is 1.06. The molecule has 9 heteroatoms. The molecule has 1 aromatic heterocycles. The van der Waals surface area contributed by atoms with E-state index in [1.54, 1.807) is 0 Å². The molecule has 1 heterocycles. The number of nitrogens with zero attached hydrogens (tertiary/aromatic N) is 1. The molecule has 2 rings (SSSR count). The van der Waals surface area contributed by atoms with Crippen LogP contribution < -0.4 is 10.6 Å². The first-order chi connectivity index (χ1) is 12.1. The second-order valence-corrected chi connectivity index (χ2v) is 6.91. The molecule has 1 atom stereocenters. The van der Waals surface area contributed by atoms with E-state index in [9.17, 15) is 9.59 Å². The van der Waals surface area contributed by atoms with Crippen LogP contribution in [-0.4, -0.2) is 61.0 Å². The van der Waals surface area contributed by atoms with E-state index in [0.29, 0.717) is 11.2 Å². The van der Waals surface area contributed by atoms with Crippen molar-refractivity contribution in [2.75, 3.05) is 38.3 Å². The summed E-state index contributed by atoms with van der Waals surface area (Å²) in [5, 5.41) is 15.3. The highest BCUT2D eigenvalue weighted by molar-refractivity contribution is 7.15. The lowest BCUT2D eigenvalue weighted by atomic mass is 9.98. The van der Waals surface area contributed by atoms with Gasteiger partial charge in [-0.15, -0.1) is 11.3 Å². The van der Waals surface area contributed by atoms with Gasteiger partial charge in [-0.1, -0.05) is 6.92 Å². The minimum absolute atomic E-state index is 0.110. The smallest absolute Gasteiger partial charge is 0.329 e. The molecule has 0 unspecified atom stereocenters. The van der Waals surface area contributed by atoms with Gasteiger partial charge in [0.25, 0.3) is 5.91 Å². The minimum Gasteiger partial charge on any atom is -0.480 e. The Morgan fingerprint density at radius 2 is 2.08 bits per heavy atom. The summed E-state index contributed by atoms with van der Waals surface area (Å²) >= 11 is 1.52. The molecular formula is C16H25N3O5S. The first-order valence-corrected chi connectivity index (χ1v) is 9.29. The van der Waals surface area contributed by atoms with Gasteiger partial charge >= 0.3 is 5.97 Å². The Morgan fingerprint density at radius 3 is 2.80 bits per heavy atom. The number of aromatic nitrogens is 1. The Bertz CT molecular complexity index is 578. The summed E-state index contributed by atoms with van der Waals surface area (Å²) in [4.78, 5) is 27.8. The van der Waals surface area contributed by atoms with Crippen molar-refractivity contribution >= 4 is 28.3 Å². The second-order valence-electron chi connectivity index (χ2n) is 5.83. The summed E-state index contributed by atoms with van der Waals surface area (Å²) in [6.45, 7) is 3.00. The maximum Gasteiger partial charge on any atom is 0.329 e. The topological polar surface area (TPSA) is 110 Å². The predicted molar refractivity (Wildman–Crippen MR) is 94.1 cm³/mol. The standard InChI is InChI=1S/C16H25N3O5S/c1-2-5-17-11-3-4-12-13(8-11)25-16(18-12)19-14(20)9-23-6-7-24-10-15(21)22/h11,17H,2-10H2,1H3,(H,21,22)(H,18,19,20)/t11-/m0/s1. The normalized spacial score (nSPS) is 16.4. The molecule has 3 N–H and O–H groups in total. The highest BCUT2D eigenvalue weighted by Gasteiger charge is 2.22. The number of aryl methyl sites for hydroxylation is 1. The number of carbonyl (C=O) groups is 2. The molecule has 1 aliphatic carbocycles. The quantitative estimate of drug-likeness (QED) is 0.499. The molecule has 0 saturated carbocycles. The van der Waals surface area contributed by atoms with Gasteiger partial charge in [0, 0.05) is 10.9 Å². The molecule has 1 aliphatic rings. The van der Waals surface area contributed by atoms with E-state index in [-0.39, 0.29) is 32.3 Å². The molecule has 0 saturated heterocycles. The molecule has 0 fully saturated rings. The number of carboxylic acids is 1.